The Kier molecular flexibility index (Phi) is 4.04. The Morgan fingerprint density at radius 3 is 2.86 bits per heavy atom. The molecule has 0 aromatic heterocycles. The highest BCUT2D eigenvalue weighted by atomic mass is 79.9. The summed E-state index contributed by atoms with van der Waals surface area (Å²) in [5, 5.41) is 10.8. The van der Waals surface area contributed by atoms with Gasteiger partial charge in [0, 0.05) is 23.7 Å². The SMILES string of the molecule is CC[C@@H]([C@@H]1CCCC(=O)[C@@H]1Br)[N+](=O)[O-]. The molecule has 0 amide bonds. The van der Waals surface area contributed by atoms with E-state index in [1.165, 1.54) is 0 Å². The summed E-state index contributed by atoms with van der Waals surface area (Å²) in [5.41, 5.74) is 0. The van der Waals surface area contributed by atoms with Crippen molar-refractivity contribution in [2.75, 3.05) is 0 Å². The van der Waals surface area contributed by atoms with Crippen LogP contribution < -0.4 is 0 Å². The van der Waals surface area contributed by atoms with Gasteiger partial charge < -0.3 is 0 Å². The van der Waals surface area contributed by atoms with Gasteiger partial charge >= 0.3 is 0 Å². The number of hydrogen-bond acceptors (Lipinski definition) is 3. The minimum absolute atomic E-state index is 0.113. The number of halogens is 1. The van der Waals surface area contributed by atoms with Crippen LogP contribution in [0.2, 0.25) is 0 Å². The highest BCUT2D eigenvalue weighted by molar-refractivity contribution is 9.10. The molecule has 1 saturated carbocycles. The molecule has 1 fully saturated rings. The number of nitrogens with zero attached hydrogens (tertiary/aromatic N) is 1. The second-order valence-electron chi connectivity index (χ2n) is 3.69. The molecule has 3 atom stereocenters. The minimum atomic E-state index is -0.580. The Labute approximate surface area is 91.3 Å². The number of hydrogen-bond donors (Lipinski definition) is 0. The third kappa shape index (κ3) is 2.32. The fraction of sp³-hybridized carbons (Fsp3) is 0.889. The van der Waals surface area contributed by atoms with Crippen molar-refractivity contribution in [3.05, 3.63) is 10.1 Å². The Morgan fingerprint density at radius 2 is 2.36 bits per heavy atom. The van der Waals surface area contributed by atoms with Gasteiger partial charge in [0.2, 0.25) is 6.04 Å². The van der Waals surface area contributed by atoms with Crippen molar-refractivity contribution in [3.8, 4) is 0 Å². The summed E-state index contributed by atoms with van der Waals surface area (Å²) in [5.74, 6) is -0.0159. The van der Waals surface area contributed by atoms with E-state index in [0.29, 0.717) is 12.8 Å². The summed E-state index contributed by atoms with van der Waals surface area (Å²) < 4.78 is 0. The first-order valence-corrected chi connectivity index (χ1v) is 5.79. The van der Waals surface area contributed by atoms with Crippen molar-refractivity contribution in [3.63, 3.8) is 0 Å². The van der Waals surface area contributed by atoms with Crippen LogP contribution in [0.1, 0.15) is 32.6 Å². The van der Waals surface area contributed by atoms with E-state index in [0.717, 1.165) is 12.8 Å². The summed E-state index contributed by atoms with van der Waals surface area (Å²) >= 11 is 3.28. The van der Waals surface area contributed by atoms with Crippen LogP contribution in [0.4, 0.5) is 0 Å². The first-order valence-electron chi connectivity index (χ1n) is 4.88. The number of ketones is 1. The maximum absolute atomic E-state index is 11.4. The first-order chi connectivity index (χ1) is 6.57. The maximum atomic E-state index is 11.4. The summed E-state index contributed by atoms with van der Waals surface area (Å²) in [4.78, 5) is 21.6. The third-order valence-electron chi connectivity index (χ3n) is 2.83. The molecular formula is C9H14BrNO3. The second kappa shape index (κ2) is 4.87. The highest BCUT2D eigenvalue weighted by Gasteiger charge is 2.40. The highest BCUT2D eigenvalue weighted by Crippen LogP contribution is 2.32. The van der Waals surface area contributed by atoms with Crippen molar-refractivity contribution in [1.29, 1.82) is 0 Å². The molecule has 0 radical (unpaired) electrons. The van der Waals surface area contributed by atoms with E-state index in [1.54, 1.807) is 6.92 Å². The predicted molar refractivity (Wildman–Crippen MR) is 56.1 cm³/mol. The van der Waals surface area contributed by atoms with Crippen LogP contribution in [-0.4, -0.2) is 21.6 Å². The van der Waals surface area contributed by atoms with Crippen LogP contribution in [0.15, 0.2) is 0 Å². The molecule has 1 aliphatic carbocycles. The number of carbonyl (C=O) groups excluding carboxylic acids is 1. The molecule has 0 spiro atoms. The molecule has 0 aliphatic heterocycles. The van der Waals surface area contributed by atoms with Crippen LogP contribution in [0, 0.1) is 16.0 Å². The van der Waals surface area contributed by atoms with Crippen molar-refractivity contribution in [2.24, 2.45) is 5.92 Å². The van der Waals surface area contributed by atoms with Crippen molar-refractivity contribution >= 4 is 21.7 Å². The lowest BCUT2D eigenvalue weighted by Crippen LogP contribution is -2.40. The maximum Gasteiger partial charge on any atom is 0.217 e. The molecule has 0 heterocycles. The van der Waals surface area contributed by atoms with E-state index >= 15 is 0 Å². The second-order valence-corrected chi connectivity index (χ2v) is 4.67. The molecule has 5 heteroatoms. The van der Waals surface area contributed by atoms with Gasteiger partial charge in [-0.2, -0.15) is 0 Å². The standard InChI is InChI=1S/C9H14BrNO3/c1-2-7(11(13)14)6-4-3-5-8(12)9(6)10/h6-7,9H,2-5H2,1H3/t6-,7-,9+/m0/s1. The van der Waals surface area contributed by atoms with E-state index in [-0.39, 0.29) is 21.5 Å². The van der Waals surface area contributed by atoms with Gasteiger partial charge in [0.05, 0.1) is 4.83 Å². The zero-order chi connectivity index (χ0) is 10.7. The van der Waals surface area contributed by atoms with Gasteiger partial charge in [-0.3, -0.25) is 14.9 Å². The summed E-state index contributed by atoms with van der Waals surface area (Å²) in [6, 6.07) is -0.580. The lowest BCUT2D eigenvalue weighted by atomic mass is 9.82. The van der Waals surface area contributed by atoms with Crippen LogP contribution >= 0.6 is 15.9 Å². The van der Waals surface area contributed by atoms with Crippen molar-refractivity contribution < 1.29 is 9.72 Å². The van der Waals surface area contributed by atoms with Crippen LogP contribution in [0.5, 0.6) is 0 Å². The fourth-order valence-electron chi connectivity index (χ4n) is 2.03. The van der Waals surface area contributed by atoms with E-state index in [4.69, 9.17) is 0 Å². The van der Waals surface area contributed by atoms with Gasteiger partial charge in [0.15, 0.2) is 0 Å². The molecule has 0 aromatic rings. The van der Waals surface area contributed by atoms with E-state index in [1.807, 2.05) is 0 Å². The normalized spacial score (nSPS) is 30.0. The van der Waals surface area contributed by atoms with Gasteiger partial charge in [-0.25, -0.2) is 0 Å². The fourth-order valence-corrected chi connectivity index (χ4v) is 2.88. The first kappa shape index (κ1) is 11.6. The summed E-state index contributed by atoms with van der Waals surface area (Å²) in [6.45, 7) is 1.80. The Balaban J connectivity index is 2.73. The average Bonchev–Trinajstić information content (AvgIpc) is 2.13. The molecule has 1 aliphatic rings. The monoisotopic (exact) mass is 263 g/mol. The molecule has 0 N–H and O–H groups in total. The molecular weight excluding hydrogens is 250 g/mol. The van der Waals surface area contributed by atoms with Crippen LogP contribution in [0.3, 0.4) is 0 Å². The van der Waals surface area contributed by atoms with Gasteiger partial charge in [-0.1, -0.05) is 22.9 Å². The van der Waals surface area contributed by atoms with Crippen LogP contribution in [-0.2, 0) is 4.79 Å². The van der Waals surface area contributed by atoms with Gasteiger partial charge in [0.25, 0.3) is 0 Å². The zero-order valence-electron chi connectivity index (χ0n) is 8.11. The number of Topliss-reactive ketones (excluding diaryl/α,β-unsaturated/α-hetero) is 1. The van der Waals surface area contributed by atoms with E-state index in [9.17, 15) is 14.9 Å². The number of rotatable bonds is 3. The largest absolute Gasteiger partial charge is 0.298 e. The molecule has 0 bridgehead atoms. The minimum Gasteiger partial charge on any atom is -0.298 e. The van der Waals surface area contributed by atoms with Gasteiger partial charge in [-0.15, -0.1) is 0 Å². The number of carbonyl (C=O) groups is 1. The predicted octanol–water partition coefficient (Wildman–Crippen LogP) is 2.17. The summed E-state index contributed by atoms with van der Waals surface area (Å²) in [7, 11) is 0. The van der Waals surface area contributed by atoms with Gasteiger partial charge in [-0.05, 0) is 12.8 Å². The molecule has 14 heavy (non-hydrogen) atoms. The molecule has 80 valence electrons. The molecule has 1 rings (SSSR count). The zero-order valence-corrected chi connectivity index (χ0v) is 9.70. The topological polar surface area (TPSA) is 60.2 Å². The number of alkyl halides is 1. The summed E-state index contributed by atoms with van der Waals surface area (Å²) in [6.07, 6.45) is 2.62. The molecule has 0 unspecified atom stereocenters. The molecule has 4 nitrogen and oxygen atoms in total. The number of nitro groups is 1. The quantitative estimate of drug-likeness (QED) is 0.446. The van der Waals surface area contributed by atoms with E-state index < -0.39 is 6.04 Å². The van der Waals surface area contributed by atoms with E-state index in [2.05, 4.69) is 15.9 Å². The molecule has 0 saturated heterocycles. The Bertz CT molecular complexity index is 244. The third-order valence-corrected chi connectivity index (χ3v) is 4.02. The lowest BCUT2D eigenvalue weighted by molar-refractivity contribution is -0.532. The Morgan fingerprint density at radius 1 is 1.71 bits per heavy atom. The van der Waals surface area contributed by atoms with Crippen molar-refractivity contribution in [2.45, 2.75) is 43.5 Å². The van der Waals surface area contributed by atoms with Crippen LogP contribution in [0.25, 0.3) is 0 Å². The molecule has 0 aromatic carbocycles. The van der Waals surface area contributed by atoms with Crippen molar-refractivity contribution in [1.82, 2.24) is 0 Å². The lowest BCUT2D eigenvalue weighted by Gasteiger charge is -2.27. The smallest absolute Gasteiger partial charge is 0.217 e. The average molecular weight is 264 g/mol. The van der Waals surface area contributed by atoms with Gasteiger partial charge in [0.1, 0.15) is 5.78 Å². The Hall–Kier alpha value is -0.450.